The second-order valence-electron chi connectivity index (χ2n) is 4.54. The topological polar surface area (TPSA) is 38.0 Å². The van der Waals surface area contributed by atoms with Crippen LogP contribution in [0.2, 0.25) is 5.02 Å². The molecule has 0 aliphatic rings. The number of rotatable bonds is 3. The van der Waals surface area contributed by atoms with Crippen LogP contribution in [0.25, 0.3) is 0 Å². The molecule has 0 spiro atoms. The van der Waals surface area contributed by atoms with Crippen molar-refractivity contribution in [2.75, 3.05) is 0 Å². The van der Waals surface area contributed by atoms with Gasteiger partial charge in [0.15, 0.2) is 0 Å². The average molecular weight is 261 g/mol. The highest BCUT2D eigenvalue weighted by Gasteiger charge is 2.15. The summed E-state index contributed by atoms with van der Waals surface area (Å²) in [5.41, 5.74) is 7.29. The van der Waals surface area contributed by atoms with E-state index < -0.39 is 0 Å². The number of nitrogens with one attached hydrogen (secondary N) is 1. The number of hydrogen-bond donors (Lipinski definition) is 2. The van der Waals surface area contributed by atoms with Gasteiger partial charge in [-0.15, -0.1) is 0 Å². The quantitative estimate of drug-likeness (QED) is 0.655. The van der Waals surface area contributed by atoms with Crippen LogP contribution < -0.4 is 11.3 Å². The van der Waals surface area contributed by atoms with Crippen molar-refractivity contribution in [1.82, 2.24) is 5.43 Å². The molecule has 0 aromatic heterocycles. The number of hydrogen-bond acceptors (Lipinski definition) is 2. The minimum absolute atomic E-state index is 0.0852. The van der Waals surface area contributed by atoms with E-state index in [0.29, 0.717) is 0 Å². The van der Waals surface area contributed by atoms with E-state index in [4.69, 9.17) is 17.4 Å². The molecule has 94 valence electrons. The molecule has 0 radical (unpaired) electrons. The van der Waals surface area contributed by atoms with E-state index in [2.05, 4.69) is 24.5 Å². The molecular formula is C15H17ClN2. The zero-order chi connectivity index (χ0) is 13.1. The van der Waals surface area contributed by atoms with Crippen LogP contribution in [-0.2, 0) is 0 Å². The molecule has 18 heavy (non-hydrogen) atoms. The molecular weight excluding hydrogens is 244 g/mol. The van der Waals surface area contributed by atoms with E-state index in [0.717, 1.165) is 21.7 Å². The van der Waals surface area contributed by atoms with Crippen LogP contribution in [0.5, 0.6) is 0 Å². The number of hydrazine groups is 1. The largest absolute Gasteiger partial charge is 0.271 e. The first-order chi connectivity index (χ1) is 8.61. The van der Waals surface area contributed by atoms with Crippen molar-refractivity contribution in [2.24, 2.45) is 5.84 Å². The molecule has 0 heterocycles. The first kappa shape index (κ1) is 13.1. The van der Waals surface area contributed by atoms with Gasteiger partial charge in [0.05, 0.1) is 6.04 Å². The van der Waals surface area contributed by atoms with E-state index >= 15 is 0 Å². The first-order valence-corrected chi connectivity index (χ1v) is 6.28. The monoisotopic (exact) mass is 260 g/mol. The molecule has 0 saturated carbocycles. The Morgan fingerprint density at radius 2 is 1.78 bits per heavy atom. The number of nitrogens with two attached hydrogens (primary N) is 1. The first-order valence-electron chi connectivity index (χ1n) is 5.90. The van der Waals surface area contributed by atoms with Crippen LogP contribution >= 0.6 is 11.6 Å². The van der Waals surface area contributed by atoms with Crippen molar-refractivity contribution in [1.29, 1.82) is 0 Å². The van der Waals surface area contributed by atoms with Gasteiger partial charge in [-0.1, -0.05) is 53.6 Å². The maximum atomic E-state index is 6.30. The Labute approximate surface area is 113 Å². The Morgan fingerprint density at radius 1 is 1.06 bits per heavy atom. The standard InChI is InChI=1S/C15H17ClN2/c1-10-4-3-5-12(8-10)15(18-17)13-7-6-11(2)9-14(13)16/h3-9,15,18H,17H2,1-2H3. The third-order valence-corrected chi connectivity index (χ3v) is 3.34. The van der Waals surface area contributed by atoms with Gasteiger partial charge in [-0.25, -0.2) is 5.43 Å². The van der Waals surface area contributed by atoms with Crippen molar-refractivity contribution >= 4 is 11.6 Å². The molecule has 0 aliphatic heterocycles. The number of aryl methyl sites for hydroxylation is 2. The van der Waals surface area contributed by atoms with Crippen LogP contribution in [0.1, 0.15) is 28.3 Å². The second kappa shape index (κ2) is 5.53. The van der Waals surface area contributed by atoms with Crippen LogP contribution in [0, 0.1) is 13.8 Å². The Kier molecular flexibility index (Phi) is 4.02. The molecule has 2 aromatic rings. The van der Waals surface area contributed by atoms with E-state index in [-0.39, 0.29) is 6.04 Å². The summed E-state index contributed by atoms with van der Waals surface area (Å²) in [7, 11) is 0. The van der Waals surface area contributed by atoms with Gasteiger partial charge in [0.25, 0.3) is 0 Å². The van der Waals surface area contributed by atoms with Gasteiger partial charge in [-0.05, 0) is 36.6 Å². The Bertz CT molecular complexity index is 552. The minimum Gasteiger partial charge on any atom is -0.271 e. The lowest BCUT2D eigenvalue weighted by molar-refractivity contribution is 0.636. The second-order valence-corrected chi connectivity index (χ2v) is 4.95. The summed E-state index contributed by atoms with van der Waals surface area (Å²) in [5.74, 6) is 5.69. The molecule has 2 rings (SSSR count). The fourth-order valence-corrected chi connectivity index (χ4v) is 2.43. The van der Waals surface area contributed by atoms with Gasteiger partial charge in [0, 0.05) is 5.02 Å². The number of benzene rings is 2. The summed E-state index contributed by atoms with van der Waals surface area (Å²) in [4.78, 5) is 0. The van der Waals surface area contributed by atoms with Crippen molar-refractivity contribution in [3.63, 3.8) is 0 Å². The molecule has 0 aliphatic carbocycles. The van der Waals surface area contributed by atoms with Gasteiger partial charge in [-0.2, -0.15) is 0 Å². The van der Waals surface area contributed by atoms with Gasteiger partial charge >= 0.3 is 0 Å². The highest BCUT2D eigenvalue weighted by atomic mass is 35.5. The maximum Gasteiger partial charge on any atom is 0.0724 e. The summed E-state index contributed by atoms with van der Waals surface area (Å²) < 4.78 is 0. The van der Waals surface area contributed by atoms with Gasteiger partial charge < -0.3 is 0 Å². The normalized spacial score (nSPS) is 12.4. The molecule has 2 aromatic carbocycles. The third-order valence-electron chi connectivity index (χ3n) is 3.01. The number of halogens is 1. The third kappa shape index (κ3) is 2.72. The predicted molar refractivity (Wildman–Crippen MR) is 76.5 cm³/mol. The fraction of sp³-hybridized carbons (Fsp3) is 0.200. The van der Waals surface area contributed by atoms with E-state index in [9.17, 15) is 0 Å². The van der Waals surface area contributed by atoms with E-state index in [1.165, 1.54) is 5.56 Å². The molecule has 3 N–H and O–H groups in total. The molecule has 0 fully saturated rings. The molecule has 0 amide bonds. The van der Waals surface area contributed by atoms with Gasteiger partial charge in [-0.3, -0.25) is 5.84 Å². The Morgan fingerprint density at radius 3 is 2.39 bits per heavy atom. The zero-order valence-electron chi connectivity index (χ0n) is 10.6. The minimum atomic E-state index is -0.0852. The van der Waals surface area contributed by atoms with Crippen molar-refractivity contribution in [3.05, 3.63) is 69.7 Å². The van der Waals surface area contributed by atoms with Crippen molar-refractivity contribution in [2.45, 2.75) is 19.9 Å². The summed E-state index contributed by atoms with van der Waals surface area (Å²) in [6.07, 6.45) is 0. The maximum absolute atomic E-state index is 6.30. The lowest BCUT2D eigenvalue weighted by Gasteiger charge is -2.19. The van der Waals surface area contributed by atoms with Crippen molar-refractivity contribution < 1.29 is 0 Å². The molecule has 0 saturated heterocycles. The molecule has 2 nitrogen and oxygen atoms in total. The van der Waals surface area contributed by atoms with Crippen molar-refractivity contribution in [3.8, 4) is 0 Å². The SMILES string of the molecule is Cc1cccc(C(NN)c2ccc(C)cc2Cl)c1. The van der Waals surface area contributed by atoms with Crippen LogP contribution in [0.15, 0.2) is 42.5 Å². The van der Waals surface area contributed by atoms with E-state index in [1.54, 1.807) is 0 Å². The molecule has 0 bridgehead atoms. The summed E-state index contributed by atoms with van der Waals surface area (Å²) in [5, 5.41) is 0.736. The molecule has 1 atom stereocenters. The van der Waals surface area contributed by atoms with Gasteiger partial charge in [0.1, 0.15) is 0 Å². The average Bonchev–Trinajstić information content (AvgIpc) is 2.33. The molecule has 1 unspecified atom stereocenters. The van der Waals surface area contributed by atoms with Gasteiger partial charge in [0.2, 0.25) is 0 Å². The lowest BCUT2D eigenvalue weighted by Crippen LogP contribution is -2.29. The van der Waals surface area contributed by atoms with E-state index in [1.807, 2.05) is 37.3 Å². The Balaban J connectivity index is 2.45. The summed E-state index contributed by atoms with van der Waals surface area (Å²) in [6, 6.07) is 14.2. The lowest BCUT2D eigenvalue weighted by atomic mass is 9.97. The summed E-state index contributed by atoms with van der Waals surface area (Å²) >= 11 is 6.30. The zero-order valence-corrected chi connectivity index (χ0v) is 11.3. The molecule has 3 heteroatoms. The smallest absolute Gasteiger partial charge is 0.0724 e. The van der Waals surface area contributed by atoms with Crippen LogP contribution in [0.3, 0.4) is 0 Å². The highest BCUT2D eigenvalue weighted by molar-refractivity contribution is 6.31. The summed E-state index contributed by atoms with van der Waals surface area (Å²) in [6.45, 7) is 4.08. The van der Waals surface area contributed by atoms with Crippen LogP contribution in [-0.4, -0.2) is 0 Å². The fourth-order valence-electron chi connectivity index (χ4n) is 2.08. The highest BCUT2D eigenvalue weighted by Crippen LogP contribution is 2.28. The Hall–Kier alpha value is -1.35. The van der Waals surface area contributed by atoms with Crippen LogP contribution in [0.4, 0.5) is 0 Å². The predicted octanol–water partition coefficient (Wildman–Crippen LogP) is 3.51.